The lowest BCUT2D eigenvalue weighted by Gasteiger charge is -2.08. The maximum Gasteiger partial charge on any atom is 0.287 e. The van der Waals surface area contributed by atoms with Crippen molar-refractivity contribution in [3.63, 3.8) is 0 Å². The fourth-order valence-electron chi connectivity index (χ4n) is 3.13. The first kappa shape index (κ1) is 15.4. The van der Waals surface area contributed by atoms with Gasteiger partial charge in [-0.05, 0) is 30.2 Å². The van der Waals surface area contributed by atoms with Gasteiger partial charge in [-0.2, -0.15) is 0 Å². The lowest BCUT2D eigenvalue weighted by Crippen LogP contribution is -2.27. The number of carbonyl (C=O) groups is 1. The minimum atomic E-state index is -0.370. The molecule has 0 unspecified atom stereocenters. The summed E-state index contributed by atoms with van der Waals surface area (Å²) in [6.07, 6.45) is 0.837. The van der Waals surface area contributed by atoms with Gasteiger partial charge < -0.3 is 14.5 Å². The van der Waals surface area contributed by atoms with E-state index < -0.39 is 0 Å². The number of nitrogens with one attached hydrogen (secondary N) is 1. The van der Waals surface area contributed by atoms with Crippen molar-refractivity contribution in [2.75, 3.05) is 7.11 Å². The van der Waals surface area contributed by atoms with Crippen LogP contribution in [-0.4, -0.2) is 19.1 Å². The van der Waals surface area contributed by atoms with Crippen LogP contribution in [0.1, 0.15) is 28.5 Å². The topological polar surface area (TPSA) is 68.5 Å². The molecule has 1 aromatic heterocycles. The van der Waals surface area contributed by atoms with E-state index in [1.54, 1.807) is 31.4 Å². The van der Waals surface area contributed by atoms with E-state index in [-0.39, 0.29) is 29.1 Å². The van der Waals surface area contributed by atoms with Gasteiger partial charge in [0, 0.05) is 18.0 Å². The first-order valence-corrected chi connectivity index (χ1v) is 8.14. The molecule has 1 aliphatic carbocycles. The van der Waals surface area contributed by atoms with Crippen molar-refractivity contribution >= 4 is 16.9 Å². The fraction of sp³-hybridized carbons (Fsp3) is 0.200. The van der Waals surface area contributed by atoms with Crippen molar-refractivity contribution in [2.24, 2.45) is 0 Å². The third kappa shape index (κ3) is 2.89. The Bertz CT molecular complexity index is 1010. The molecule has 1 heterocycles. The van der Waals surface area contributed by atoms with Gasteiger partial charge in [0.2, 0.25) is 0 Å². The third-order valence-electron chi connectivity index (χ3n) is 4.50. The normalized spacial score (nSPS) is 18.8. The fourth-order valence-corrected chi connectivity index (χ4v) is 3.13. The molecule has 2 atom stereocenters. The predicted molar refractivity (Wildman–Crippen MR) is 94.1 cm³/mol. The zero-order valence-corrected chi connectivity index (χ0v) is 13.7. The molecule has 0 bridgehead atoms. The van der Waals surface area contributed by atoms with Crippen LogP contribution in [0.2, 0.25) is 0 Å². The summed E-state index contributed by atoms with van der Waals surface area (Å²) in [4.78, 5) is 24.6. The molecule has 1 fully saturated rings. The zero-order valence-electron chi connectivity index (χ0n) is 13.7. The molecule has 5 nitrogen and oxygen atoms in total. The second kappa shape index (κ2) is 6.09. The number of amides is 1. The Morgan fingerprint density at radius 3 is 2.76 bits per heavy atom. The Hall–Kier alpha value is -3.08. The molecule has 0 saturated heterocycles. The van der Waals surface area contributed by atoms with E-state index in [4.69, 9.17) is 9.15 Å². The molecule has 1 N–H and O–H groups in total. The van der Waals surface area contributed by atoms with Crippen LogP contribution in [0.15, 0.2) is 63.8 Å². The summed E-state index contributed by atoms with van der Waals surface area (Å²) in [7, 11) is 1.64. The maximum atomic E-state index is 12.4. The van der Waals surface area contributed by atoms with E-state index in [1.807, 2.05) is 24.3 Å². The number of hydrogen-bond acceptors (Lipinski definition) is 4. The summed E-state index contributed by atoms with van der Waals surface area (Å²) in [6.45, 7) is 0. The van der Waals surface area contributed by atoms with Gasteiger partial charge in [0.1, 0.15) is 11.3 Å². The monoisotopic (exact) mass is 335 g/mol. The average Bonchev–Trinajstić information content (AvgIpc) is 3.40. The van der Waals surface area contributed by atoms with Gasteiger partial charge in [0.05, 0.1) is 12.5 Å². The van der Waals surface area contributed by atoms with E-state index >= 15 is 0 Å². The van der Waals surface area contributed by atoms with Crippen molar-refractivity contribution in [2.45, 2.75) is 18.4 Å². The summed E-state index contributed by atoms with van der Waals surface area (Å²) < 4.78 is 11.0. The summed E-state index contributed by atoms with van der Waals surface area (Å²) in [5.41, 5.74) is 1.27. The highest BCUT2D eigenvalue weighted by molar-refractivity contribution is 5.93. The second-order valence-corrected chi connectivity index (χ2v) is 6.14. The van der Waals surface area contributed by atoms with Crippen LogP contribution in [0.5, 0.6) is 5.75 Å². The number of hydrogen-bond donors (Lipinski definition) is 1. The first-order chi connectivity index (χ1) is 12.2. The van der Waals surface area contributed by atoms with Crippen molar-refractivity contribution in [1.29, 1.82) is 0 Å². The number of methoxy groups -OCH3 is 1. The molecule has 1 saturated carbocycles. The van der Waals surface area contributed by atoms with Crippen LogP contribution in [0, 0.1) is 0 Å². The molecule has 3 aromatic rings. The van der Waals surface area contributed by atoms with Gasteiger partial charge in [0.15, 0.2) is 11.2 Å². The average molecular weight is 335 g/mol. The van der Waals surface area contributed by atoms with Gasteiger partial charge in [-0.3, -0.25) is 9.59 Å². The van der Waals surface area contributed by atoms with Crippen LogP contribution in [0.25, 0.3) is 11.0 Å². The lowest BCUT2D eigenvalue weighted by atomic mass is 10.1. The highest BCUT2D eigenvalue weighted by Gasteiger charge is 2.41. The lowest BCUT2D eigenvalue weighted by molar-refractivity contribution is 0.0923. The minimum absolute atomic E-state index is 0.0144. The molecule has 4 rings (SSSR count). The van der Waals surface area contributed by atoms with Crippen LogP contribution in [-0.2, 0) is 0 Å². The Morgan fingerprint density at radius 1 is 1.16 bits per heavy atom. The molecule has 25 heavy (non-hydrogen) atoms. The van der Waals surface area contributed by atoms with Crippen molar-refractivity contribution in [3.05, 3.63) is 76.1 Å². The van der Waals surface area contributed by atoms with Crippen molar-refractivity contribution in [1.82, 2.24) is 5.32 Å². The maximum absolute atomic E-state index is 12.4. The molecule has 2 aromatic carbocycles. The Morgan fingerprint density at radius 2 is 1.92 bits per heavy atom. The van der Waals surface area contributed by atoms with Crippen molar-refractivity contribution in [3.8, 4) is 5.75 Å². The van der Waals surface area contributed by atoms with E-state index in [9.17, 15) is 9.59 Å². The molecule has 1 amide bonds. The quantitative estimate of drug-likeness (QED) is 0.795. The Kier molecular flexibility index (Phi) is 3.76. The number of ether oxygens (including phenoxy) is 1. The van der Waals surface area contributed by atoms with E-state index in [2.05, 4.69) is 5.32 Å². The van der Waals surface area contributed by atoms with E-state index in [0.717, 1.165) is 17.7 Å². The molecule has 1 aliphatic rings. The van der Waals surface area contributed by atoms with Gasteiger partial charge >= 0.3 is 0 Å². The molecular formula is C20H17NO4. The van der Waals surface area contributed by atoms with Crippen LogP contribution < -0.4 is 15.5 Å². The number of carbonyl (C=O) groups excluding carboxylic acids is 1. The van der Waals surface area contributed by atoms with Crippen LogP contribution in [0.3, 0.4) is 0 Å². The number of para-hydroxylation sites is 2. The summed E-state index contributed by atoms with van der Waals surface area (Å²) in [5, 5.41) is 3.40. The SMILES string of the molecule is COc1ccccc1[C@H]1C[C@@H]1NC(=O)c1cc(=O)c2ccccc2o1. The predicted octanol–water partition coefficient (Wildman–Crippen LogP) is 3.09. The third-order valence-corrected chi connectivity index (χ3v) is 4.50. The van der Waals surface area contributed by atoms with Crippen LogP contribution in [0.4, 0.5) is 0 Å². The molecular weight excluding hydrogens is 318 g/mol. The van der Waals surface area contributed by atoms with E-state index in [1.165, 1.54) is 6.07 Å². The van der Waals surface area contributed by atoms with E-state index in [0.29, 0.717) is 11.0 Å². The van der Waals surface area contributed by atoms with Gasteiger partial charge in [-0.25, -0.2) is 0 Å². The first-order valence-electron chi connectivity index (χ1n) is 8.14. The standard InChI is InChI=1S/C20H17NO4/c1-24-17-8-4-2-6-12(17)14-10-15(14)21-20(23)19-11-16(22)13-7-3-5-9-18(13)25-19/h2-9,11,14-15H,10H2,1H3,(H,21,23)/t14-,15+/m1/s1. The van der Waals surface area contributed by atoms with Gasteiger partial charge in [-0.1, -0.05) is 30.3 Å². The Labute approximate surface area is 144 Å². The molecule has 5 heteroatoms. The van der Waals surface area contributed by atoms with Gasteiger partial charge in [0.25, 0.3) is 5.91 Å². The number of fused-ring (bicyclic) bond motifs is 1. The van der Waals surface area contributed by atoms with Gasteiger partial charge in [-0.15, -0.1) is 0 Å². The number of rotatable bonds is 4. The highest BCUT2D eigenvalue weighted by Crippen LogP contribution is 2.44. The molecule has 0 spiro atoms. The molecule has 0 radical (unpaired) electrons. The summed E-state index contributed by atoms with van der Waals surface area (Å²) >= 11 is 0. The largest absolute Gasteiger partial charge is 0.496 e. The number of benzene rings is 2. The second-order valence-electron chi connectivity index (χ2n) is 6.14. The molecule has 126 valence electrons. The Balaban J connectivity index is 1.53. The zero-order chi connectivity index (χ0) is 17.4. The van der Waals surface area contributed by atoms with Crippen LogP contribution >= 0.6 is 0 Å². The van der Waals surface area contributed by atoms with Crippen molar-refractivity contribution < 1.29 is 13.9 Å². The minimum Gasteiger partial charge on any atom is -0.496 e. The summed E-state index contributed by atoms with van der Waals surface area (Å²) in [5.74, 6) is 0.702. The summed E-state index contributed by atoms with van der Waals surface area (Å²) in [6, 6.07) is 16.0. The highest BCUT2D eigenvalue weighted by atomic mass is 16.5. The smallest absolute Gasteiger partial charge is 0.287 e. The molecule has 0 aliphatic heterocycles.